The molecule has 12 nitrogen and oxygen atoms in total. The molecule has 0 fully saturated rings. The van der Waals surface area contributed by atoms with Gasteiger partial charge in [0.2, 0.25) is 0 Å². The predicted molar refractivity (Wildman–Crippen MR) is 159 cm³/mol. The number of aromatic nitrogens is 4. The number of allylic oxidation sites excluding steroid dienone is 1. The Labute approximate surface area is 241 Å². The van der Waals surface area contributed by atoms with Crippen LogP contribution >= 0.6 is 0 Å². The third-order valence-corrected chi connectivity index (χ3v) is 6.85. The van der Waals surface area contributed by atoms with Crippen LogP contribution in [0.2, 0.25) is 0 Å². The second-order valence-corrected chi connectivity index (χ2v) is 9.70. The lowest BCUT2D eigenvalue weighted by atomic mass is 9.94. The average Bonchev–Trinajstić information content (AvgIpc) is 2.96. The van der Waals surface area contributed by atoms with Crippen molar-refractivity contribution < 1.29 is 14.3 Å². The molecule has 0 aliphatic carbocycles. The van der Waals surface area contributed by atoms with Gasteiger partial charge in [0, 0.05) is 18.9 Å². The molecule has 2 aromatic carbocycles. The van der Waals surface area contributed by atoms with Crippen LogP contribution in [0.5, 0.6) is 0 Å². The second kappa shape index (κ2) is 12.3. The van der Waals surface area contributed by atoms with E-state index in [2.05, 4.69) is 26.1 Å². The number of benzene rings is 2. The number of amides is 1. The summed E-state index contributed by atoms with van der Waals surface area (Å²) in [4.78, 5) is 56.3. The molecular weight excluding hydrogens is 538 g/mol. The maximum atomic E-state index is 12.7. The molecule has 216 valence electrons. The van der Waals surface area contributed by atoms with E-state index < -0.39 is 23.3 Å². The lowest BCUT2D eigenvalue weighted by molar-refractivity contribution is -0.152. The highest BCUT2D eigenvalue weighted by Gasteiger charge is 2.16. The summed E-state index contributed by atoms with van der Waals surface area (Å²) in [5, 5.41) is 2.49. The molecule has 0 aliphatic heterocycles. The van der Waals surface area contributed by atoms with Crippen molar-refractivity contribution in [3.63, 3.8) is 0 Å². The molecule has 0 bridgehead atoms. The van der Waals surface area contributed by atoms with E-state index in [-0.39, 0.29) is 24.1 Å². The van der Waals surface area contributed by atoms with Gasteiger partial charge in [-0.3, -0.25) is 13.9 Å². The number of esters is 1. The Bertz CT molecular complexity index is 1820. The molecule has 0 saturated heterocycles. The zero-order valence-corrected chi connectivity index (χ0v) is 23.6. The Kier molecular flexibility index (Phi) is 8.65. The molecule has 0 aliphatic rings. The number of aryl methyl sites for hydroxylation is 1. The summed E-state index contributed by atoms with van der Waals surface area (Å²) in [6.07, 6.45) is 7.01. The number of hydrogen-bond donors (Lipinski definition) is 3. The number of anilines is 2. The number of methoxy groups -OCH3 is 1. The zero-order valence-electron chi connectivity index (χ0n) is 23.6. The minimum absolute atomic E-state index is 0.0364. The number of nitrogens with two attached hydrogens (primary N) is 2. The number of carbonyl (C=O) groups is 2. The molecule has 0 spiro atoms. The maximum Gasteiger partial charge on any atom is 0.396 e. The van der Waals surface area contributed by atoms with E-state index >= 15 is 0 Å². The van der Waals surface area contributed by atoms with E-state index in [9.17, 15) is 19.2 Å². The van der Waals surface area contributed by atoms with Crippen LogP contribution < -0.4 is 28.2 Å². The molecular formula is C30H31N7O5. The molecule has 1 atom stereocenters. The lowest BCUT2D eigenvalue weighted by Crippen LogP contribution is -2.32. The number of carbonyl (C=O) groups excluding carboxylic acids is 2. The Hall–Kier alpha value is -5.52. The van der Waals surface area contributed by atoms with Crippen molar-refractivity contribution in [3.05, 3.63) is 110 Å². The summed E-state index contributed by atoms with van der Waals surface area (Å²) >= 11 is 0. The smallest absolute Gasteiger partial charge is 0.396 e. The molecule has 4 rings (SSSR count). The first-order valence-electron chi connectivity index (χ1n) is 13.0. The fourth-order valence-corrected chi connectivity index (χ4v) is 4.35. The van der Waals surface area contributed by atoms with Gasteiger partial charge in [0.05, 0.1) is 18.5 Å². The van der Waals surface area contributed by atoms with Gasteiger partial charge >= 0.3 is 23.3 Å². The molecule has 12 heteroatoms. The van der Waals surface area contributed by atoms with Crippen LogP contribution in [0.1, 0.15) is 40.7 Å². The highest BCUT2D eigenvalue weighted by molar-refractivity contribution is 6.32. The summed E-state index contributed by atoms with van der Waals surface area (Å²) in [6.45, 7) is 5.92. The summed E-state index contributed by atoms with van der Waals surface area (Å²) in [5.74, 6) is -1.75. The van der Waals surface area contributed by atoms with Gasteiger partial charge in [-0.2, -0.15) is 9.97 Å². The van der Waals surface area contributed by atoms with Crippen molar-refractivity contribution in [2.24, 2.45) is 0 Å². The molecule has 42 heavy (non-hydrogen) atoms. The maximum absolute atomic E-state index is 12.7. The Morgan fingerprint density at radius 1 is 0.952 bits per heavy atom. The molecule has 0 saturated carbocycles. The van der Waals surface area contributed by atoms with Gasteiger partial charge in [-0.25, -0.2) is 14.4 Å². The van der Waals surface area contributed by atoms with Crippen molar-refractivity contribution >= 4 is 29.6 Å². The average molecular weight is 570 g/mol. The van der Waals surface area contributed by atoms with Gasteiger partial charge in [-0.15, -0.1) is 0 Å². The van der Waals surface area contributed by atoms with Crippen molar-refractivity contribution in [2.45, 2.75) is 33.2 Å². The largest absolute Gasteiger partial charge is 0.462 e. The number of hydrogen-bond acceptors (Lipinski definition) is 9. The number of nitrogen functional groups attached to an aromatic ring is 2. The fourth-order valence-electron chi connectivity index (χ4n) is 4.35. The summed E-state index contributed by atoms with van der Waals surface area (Å²) in [7, 11) is 1.11. The predicted octanol–water partition coefficient (Wildman–Crippen LogP) is 2.17. The van der Waals surface area contributed by atoms with E-state index in [1.807, 2.05) is 45.1 Å². The van der Waals surface area contributed by atoms with Gasteiger partial charge in [0.1, 0.15) is 11.6 Å². The van der Waals surface area contributed by atoms with E-state index in [0.717, 1.165) is 35.1 Å². The summed E-state index contributed by atoms with van der Waals surface area (Å²) in [5.41, 5.74) is 15.7. The van der Waals surface area contributed by atoms with Crippen molar-refractivity contribution in [3.8, 4) is 11.4 Å². The third-order valence-electron chi connectivity index (χ3n) is 6.85. The molecule has 5 N–H and O–H groups in total. The van der Waals surface area contributed by atoms with Gasteiger partial charge in [0.25, 0.3) is 0 Å². The van der Waals surface area contributed by atoms with E-state index in [1.54, 1.807) is 24.4 Å². The Morgan fingerprint density at radius 2 is 1.57 bits per heavy atom. The zero-order chi connectivity index (χ0) is 30.6. The van der Waals surface area contributed by atoms with Crippen molar-refractivity contribution in [1.29, 1.82) is 0 Å². The summed E-state index contributed by atoms with van der Waals surface area (Å²) < 4.78 is 7.23. The molecule has 0 radical (unpaired) electrons. The molecule has 2 aromatic heterocycles. The van der Waals surface area contributed by atoms with Crippen LogP contribution in [0.15, 0.2) is 70.5 Å². The number of rotatable bonds is 7. The second-order valence-electron chi connectivity index (χ2n) is 9.70. The van der Waals surface area contributed by atoms with Crippen LogP contribution in [0, 0.1) is 13.8 Å². The fraction of sp³-hybridized carbons (Fsp3) is 0.200. The number of ether oxygens (including phenoxy) is 1. The summed E-state index contributed by atoms with van der Waals surface area (Å²) in [6, 6.07) is 12.4. The van der Waals surface area contributed by atoms with Crippen LogP contribution in [-0.2, 0) is 20.9 Å². The standard InChI is InChI=1S/C30H31N7O5/c1-17(22-13-18(2)19(3)23(15-22)36-11-9-25(31)34-29(36)40)5-6-20-7-8-21(16-33-27(38)28(39)42-4)24(14-20)37-12-10-26(32)35-30(37)41/h5-15,17H,16H2,1-4H3,(H,33,38)(H2,31,34,40)(H2,32,35,41)/b6-5+. The Balaban J connectivity index is 1.68. The van der Waals surface area contributed by atoms with Gasteiger partial charge < -0.3 is 21.5 Å². The highest BCUT2D eigenvalue weighted by atomic mass is 16.5. The number of nitrogens with one attached hydrogen (secondary N) is 1. The normalized spacial score (nSPS) is 11.8. The van der Waals surface area contributed by atoms with Crippen LogP contribution in [-0.4, -0.2) is 38.1 Å². The first-order chi connectivity index (χ1) is 20.0. The van der Waals surface area contributed by atoms with Crippen molar-refractivity contribution in [1.82, 2.24) is 24.4 Å². The van der Waals surface area contributed by atoms with Crippen LogP contribution in [0.25, 0.3) is 17.5 Å². The molecule has 1 unspecified atom stereocenters. The minimum Gasteiger partial charge on any atom is -0.462 e. The Morgan fingerprint density at radius 3 is 2.17 bits per heavy atom. The topological polar surface area (TPSA) is 177 Å². The quantitative estimate of drug-likeness (QED) is 0.222. The van der Waals surface area contributed by atoms with E-state index in [4.69, 9.17) is 11.5 Å². The molecule has 4 aromatic rings. The van der Waals surface area contributed by atoms with E-state index in [1.165, 1.54) is 21.4 Å². The first kappa shape index (κ1) is 29.5. The van der Waals surface area contributed by atoms with Gasteiger partial charge in [-0.05, 0) is 71.8 Å². The number of nitrogens with zero attached hydrogens (tertiary/aromatic N) is 4. The SMILES string of the molecule is COC(=O)C(=O)NCc1ccc(/C=C/C(C)c2cc(C)c(C)c(-n3ccc(N)nc3=O)c2)cc1-n1ccc(N)nc1=O. The van der Waals surface area contributed by atoms with Crippen LogP contribution in [0.4, 0.5) is 11.6 Å². The van der Waals surface area contributed by atoms with Gasteiger partial charge in [0.15, 0.2) is 0 Å². The minimum atomic E-state index is -1.02. The van der Waals surface area contributed by atoms with Crippen molar-refractivity contribution in [2.75, 3.05) is 18.6 Å². The molecule has 2 heterocycles. The first-order valence-corrected chi connectivity index (χ1v) is 13.0. The third kappa shape index (κ3) is 6.44. The van der Waals surface area contributed by atoms with E-state index in [0.29, 0.717) is 11.3 Å². The van der Waals surface area contributed by atoms with Gasteiger partial charge in [-0.1, -0.05) is 37.3 Å². The highest BCUT2D eigenvalue weighted by Crippen LogP contribution is 2.26. The van der Waals surface area contributed by atoms with Crippen LogP contribution in [0.3, 0.4) is 0 Å². The lowest BCUT2D eigenvalue weighted by Gasteiger charge is -2.16. The molecule has 1 amide bonds. The monoisotopic (exact) mass is 569 g/mol.